The first-order valence-electron chi connectivity index (χ1n) is 6.95. The van der Waals surface area contributed by atoms with Gasteiger partial charge in [-0.25, -0.2) is 0 Å². The number of rotatable bonds is 4. The summed E-state index contributed by atoms with van der Waals surface area (Å²) >= 11 is 0. The normalized spacial score (nSPS) is 20.4. The minimum absolute atomic E-state index is 0.0326. The summed E-state index contributed by atoms with van der Waals surface area (Å²) in [4.78, 5) is 2.39. The highest BCUT2D eigenvalue weighted by Crippen LogP contribution is 2.21. The van der Waals surface area contributed by atoms with Gasteiger partial charge >= 0.3 is 0 Å². The highest BCUT2D eigenvalue weighted by atomic mass is 16.5. The second kappa shape index (κ2) is 6.72. The standard InChI is InChI=1S/C15H23N3O2/c1-11-9-18(6-3-7-20-11)10-12-4-5-13(15(16)17)14(8-12)19-2/h4-5,8,11H,3,6-7,9-10H2,1-2H3,(H3,16,17). The van der Waals surface area contributed by atoms with Crippen molar-refractivity contribution in [2.24, 2.45) is 5.73 Å². The SMILES string of the molecule is COc1cc(CN2CCCOC(C)C2)ccc1C(=N)N. The molecule has 2 rings (SSSR count). The van der Waals surface area contributed by atoms with Crippen molar-refractivity contribution in [1.82, 2.24) is 4.90 Å². The molecule has 1 fully saturated rings. The van der Waals surface area contributed by atoms with Crippen LogP contribution in [-0.2, 0) is 11.3 Å². The number of ether oxygens (including phenoxy) is 2. The summed E-state index contributed by atoms with van der Waals surface area (Å²) < 4.78 is 11.0. The molecule has 3 N–H and O–H groups in total. The Balaban J connectivity index is 2.10. The van der Waals surface area contributed by atoms with Gasteiger partial charge in [-0.3, -0.25) is 10.3 Å². The second-order valence-electron chi connectivity index (χ2n) is 5.22. The fourth-order valence-electron chi connectivity index (χ4n) is 2.54. The van der Waals surface area contributed by atoms with E-state index >= 15 is 0 Å². The fraction of sp³-hybridized carbons (Fsp3) is 0.533. The number of hydrogen-bond donors (Lipinski definition) is 2. The van der Waals surface area contributed by atoms with E-state index in [-0.39, 0.29) is 11.9 Å². The summed E-state index contributed by atoms with van der Waals surface area (Å²) in [5, 5.41) is 7.53. The minimum atomic E-state index is 0.0326. The van der Waals surface area contributed by atoms with Crippen LogP contribution in [0.2, 0.25) is 0 Å². The van der Waals surface area contributed by atoms with Gasteiger partial charge in [-0.2, -0.15) is 0 Å². The summed E-state index contributed by atoms with van der Waals surface area (Å²) in [5.74, 6) is 0.694. The molecule has 0 aromatic heterocycles. The molecule has 0 amide bonds. The first-order chi connectivity index (χ1) is 9.60. The van der Waals surface area contributed by atoms with Gasteiger partial charge in [0, 0.05) is 26.2 Å². The Kier molecular flexibility index (Phi) is 4.98. The molecule has 0 radical (unpaired) electrons. The summed E-state index contributed by atoms with van der Waals surface area (Å²) in [5.41, 5.74) is 7.35. The Labute approximate surface area is 120 Å². The zero-order valence-corrected chi connectivity index (χ0v) is 12.2. The largest absolute Gasteiger partial charge is 0.496 e. The molecule has 0 spiro atoms. The lowest BCUT2D eigenvalue weighted by Crippen LogP contribution is -2.29. The van der Waals surface area contributed by atoms with E-state index in [0.717, 1.165) is 32.7 Å². The van der Waals surface area contributed by atoms with Crippen LogP contribution in [0.25, 0.3) is 0 Å². The zero-order valence-electron chi connectivity index (χ0n) is 12.2. The average Bonchev–Trinajstić information content (AvgIpc) is 2.62. The van der Waals surface area contributed by atoms with Crippen molar-refractivity contribution in [1.29, 1.82) is 5.41 Å². The molecule has 1 aromatic rings. The molecule has 20 heavy (non-hydrogen) atoms. The number of nitrogens with two attached hydrogens (primary N) is 1. The lowest BCUT2D eigenvalue weighted by Gasteiger charge is -2.22. The van der Waals surface area contributed by atoms with Gasteiger partial charge in [0.25, 0.3) is 0 Å². The van der Waals surface area contributed by atoms with E-state index in [1.54, 1.807) is 7.11 Å². The molecule has 1 heterocycles. The van der Waals surface area contributed by atoms with Crippen LogP contribution in [-0.4, -0.2) is 43.6 Å². The molecule has 0 bridgehead atoms. The lowest BCUT2D eigenvalue weighted by molar-refractivity contribution is 0.0668. The predicted molar refractivity (Wildman–Crippen MR) is 79.3 cm³/mol. The van der Waals surface area contributed by atoms with Crippen LogP contribution in [0.5, 0.6) is 5.75 Å². The number of hydrogen-bond acceptors (Lipinski definition) is 4. The van der Waals surface area contributed by atoms with Gasteiger partial charge < -0.3 is 15.2 Å². The molecule has 0 aliphatic carbocycles. The monoisotopic (exact) mass is 277 g/mol. The third-order valence-corrected chi connectivity index (χ3v) is 3.50. The molecule has 1 unspecified atom stereocenters. The molecule has 1 aromatic carbocycles. The summed E-state index contributed by atoms with van der Waals surface area (Å²) in [6.45, 7) is 5.79. The smallest absolute Gasteiger partial charge is 0.130 e. The van der Waals surface area contributed by atoms with Gasteiger partial charge in [0.1, 0.15) is 11.6 Å². The van der Waals surface area contributed by atoms with Gasteiger partial charge in [-0.15, -0.1) is 0 Å². The summed E-state index contributed by atoms with van der Waals surface area (Å²) in [7, 11) is 1.60. The van der Waals surface area contributed by atoms with Crippen LogP contribution >= 0.6 is 0 Å². The highest BCUT2D eigenvalue weighted by Gasteiger charge is 2.16. The van der Waals surface area contributed by atoms with Crippen LogP contribution in [0.15, 0.2) is 18.2 Å². The molecule has 0 saturated carbocycles. The Hall–Kier alpha value is -1.59. The van der Waals surface area contributed by atoms with Gasteiger partial charge in [-0.05, 0) is 31.0 Å². The summed E-state index contributed by atoms with van der Waals surface area (Å²) in [6, 6.07) is 5.83. The number of methoxy groups -OCH3 is 1. The molecular formula is C15H23N3O2. The molecule has 5 heteroatoms. The molecule has 1 atom stereocenters. The number of benzene rings is 1. The Bertz CT molecular complexity index is 476. The third kappa shape index (κ3) is 3.71. The minimum Gasteiger partial charge on any atom is -0.496 e. The highest BCUT2D eigenvalue weighted by molar-refractivity contribution is 5.97. The van der Waals surface area contributed by atoms with E-state index in [4.69, 9.17) is 20.6 Å². The van der Waals surface area contributed by atoms with E-state index < -0.39 is 0 Å². The average molecular weight is 277 g/mol. The number of nitrogen functional groups attached to an aromatic ring is 1. The van der Waals surface area contributed by atoms with Gasteiger partial charge in [0.2, 0.25) is 0 Å². The van der Waals surface area contributed by atoms with E-state index in [0.29, 0.717) is 11.3 Å². The zero-order chi connectivity index (χ0) is 14.5. The van der Waals surface area contributed by atoms with Gasteiger partial charge in [0.15, 0.2) is 0 Å². The van der Waals surface area contributed by atoms with E-state index in [1.807, 2.05) is 18.2 Å². The van der Waals surface area contributed by atoms with Crippen molar-refractivity contribution < 1.29 is 9.47 Å². The Morgan fingerprint density at radius 2 is 2.35 bits per heavy atom. The van der Waals surface area contributed by atoms with E-state index in [2.05, 4.69) is 11.8 Å². The number of nitrogens with zero attached hydrogens (tertiary/aromatic N) is 1. The first kappa shape index (κ1) is 14.8. The molecule has 5 nitrogen and oxygen atoms in total. The fourth-order valence-corrected chi connectivity index (χ4v) is 2.54. The van der Waals surface area contributed by atoms with Crippen molar-refractivity contribution in [3.05, 3.63) is 29.3 Å². The molecule has 1 saturated heterocycles. The lowest BCUT2D eigenvalue weighted by atomic mass is 10.1. The van der Waals surface area contributed by atoms with E-state index in [9.17, 15) is 0 Å². The van der Waals surface area contributed by atoms with Crippen molar-refractivity contribution in [2.75, 3.05) is 26.8 Å². The van der Waals surface area contributed by atoms with Crippen molar-refractivity contribution in [3.8, 4) is 5.75 Å². The first-order valence-corrected chi connectivity index (χ1v) is 6.95. The van der Waals surface area contributed by atoms with Crippen LogP contribution in [0.4, 0.5) is 0 Å². The van der Waals surface area contributed by atoms with Crippen LogP contribution in [0, 0.1) is 5.41 Å². The maximum atomic E-state index is 7.53. The quantitative estimate of drug-likeness (QED) is 0.647. The molecule has 110 valence electrons. The predicted octanol–water partition coefficient (Wildman–Crippen LogP) is 1.59. The topological polar surface area (TPSA) is 71.6 Å². The number of nitrogens with one attached hydrogen (secondary N) is 1. The van der Waals surface area contributed by atoms with Gasteiger partial charge in [-0.1, -0.05) is 6.07 Å². The Morgan fingerprint density at radius 1 is 1.55 bits per heavy atom. The molecule has 1 aliphatic heterocycles. The third-order valence-electron chi connectivity index (χ3n) is 3.50. The number of amidine groups is 1. The maximum Gasteiger partial charge on any atom is 0.130 e. The van der Waals surface area contributed by atoms with Crippen molar-refractivity contribution in [2.45, 2.75) is 26.0 Å². The molecule has 1 aliphatic rings. The Morgan fingerprint density at radius 3 is 3.05 bits per heavy atom. The summed E-state index contributed by atoms with van der Waals surface area (Å²) in [6.07, 6.45) is 1.34. The van der Waals surface area contributed by atoms with Crippen molar-refractivity contribution >= 4 is 5.84 Å². The second-order valence-corrected chi connectivity index (χ2v) is 5.22. The van der Waals surface area contributed by atoms with Crippen LogP contribution in [0.3, 0.4) is 0 Å². The van der Waals surface area contributed by atoms with Crippen LogP contribution < -0.4 is 10.5 Å². The van der Waals surface area contributed by atoms with Crippen LogP contribution in [0.1, 0.15) is 24.5 Å². The molecular weight excluding hydrogens is 254 g/mol. The maximum absolute atomic E-state index is 7.53. The van der Waals surface area contributed by atoms with Gasteiger partial charge in [0.05, 0.1) is 18.8 Å². The van der Waals surface area contributed by atoms with Crippen molar-refractivity contribution in [3.63, 3.8) is 0 Å². The van der Waals surface area contributed by atoms with E-state index in [1.165, 1.54) is 5.56 Å².